The van der Waals surface area contributed by atoms with Gasteiger partial charge in [-0.1, -0.05) is 0 Å². The van der Waals surface area contributed by atoms with Gasteiger partial charge in [-0.05, 0) is 12.8 Å². The third kappa shape index (κ3) is 6.85. The molecule has 1 N–H and O–H groups in total. The molecule has 0 aromatic carbocycles. The molecule has 0 aromatic rings. The van der Waals surface area contributed by atoms with Crippen LogP contribution in [0.4, 0.5) is 0 Å². The predicted molar refractivity (Wildman–Crippen MR) is 51.6 cm³/mol. The van der Waals surface area contributed by atoms with E-state index in [2.05, 4.69) is 4.74 Å². The van der Waals surface area contributed by atoms with Crippen molar-refractivity contribution >= 4 is 15.8 Å². The van der Waals surface area contributed by atoms with Crippen LogP contribution in [-0.4, -0.2) is 44.7 Å². The maximum atomic E-state index is 11.2. The van der Waals surface area contributed by atoms with E-state index in [1.165, 1.54) is 7.11 Å². The van der Waals surface area contributed by atoms with Crippen LogP contribution in [-0.2, 0) is 19.4 Å². The normalized spacial score (nSPS) is 11.3. The summed E-state index contributed by atoms with van der Waals surface area (Å²) in [5.41, 5.74) is 0. The molecule has 0 unspecified atom stereocenters. The number of aliphatic hydroxyl groups excluding tert-OH is 1. The summed E-state index contributed by atoms with van der Waals surface area (Å²) in [7, 11) is -1.85. The van der Waals surface area contributed by atoms with Gasteiger partial charge in [-0.25, -0.2) is 8.42 Å². The summed E-state index contributed by atoms with van der Waals surface area (Å²) in [4.78, 5) is 10.7. The Kier molecular flexibility index (Phi) is 6.48. The van der Waals surface area contributed by atoms with Gasteiger partial charge in [-0.15, -0.1) is 0 Å². The Hall–Kier alpha value is -0.620. The second kappa shape index (κ2) is 6.78. The number of carbonyl (C=O) groups excluding carboxylic acids is 1. The molecular formula is C8H16O5S. The fraction of sp³-hybridized carbons (Fsp3) is 0.875. The van der Waals surface area contributed by atoms with Crippen molar-refractivity contribution in [2.45, 2.75) is 19.3 Å². The van der Waals surface area contributed by atoms with Gasteiger partial charge < -0.3 is 9.84 Å². The molecule has 0 saturated carbocycles. The molecule has 0 aromatic heterocycles. The minimum Gasteiger partial charge on any atom is -0.469 e. The van der Waals surface area contributed by atoms with Crippen LogP contribution in [0.2, 0.25) is 0 Å². The fourth-order valence-corrected chi connectivity index (χ4v) is 2.28. The largest absolute Gasteiger partial charge is 0.469 e. The standard InChI is InChI=1S/C8H16O5S/c1-13-8(10)4-2-6-14(11,12)7-3-5-9/h9H,2-7H2,1H3. The highest BCUT2D eigenvalue weighted by atomic mass is 32.2. The maximum absolute atomic E-state index is 11.2. The summed E-state index contributed by atoms with van der Waals surface area (Å²) in [6.07, 6.45) is 0.649. The van der Waals surface area contributed by atoms with Crippen LogP contribution in [0.15, 0.2) is 0 Å². The average Bonchev–Trinajstić information content (AvgIpc) is 2.14. The molecule has 0 spiro atoms. The highest BCUT2D eigenvalue weighted by Gasteiger charge is 2.11. The molecular weight excluding hydrogens is 208 g/mol. The maximum Gasteiger partial charge on any atom is 0.305 e. The predicted octanol–water partition coefficient (Wildman–Crippen LogP) is -0.263. The number of methoxy groups -OCH3 is 1. The van der Waals surface area contributed by atoms with E-state index >= 15 is 0 Å². The van der Waals surface area contributed by atoms with Gasteiger partial charge in [-0.3, -0.25) is 4.79 Å². The highest BCUT2D eigenvalue weighted by molar-refractivity contribution is 7.91. The summed E-state index contributed by atoms with van der Waals surface area (Å²) in [5.74, 6) is -0.449. The first-order chi connectivity index (χ1) is 6.52. The van der Waals surface area contributed by atoms with E-state index < -0.39 is 15.8 Å². The van der Waals surface area contributed by atoms with Crippen LogP contribution in [0.3, 0.4) is 0 Å². The molecule has 84 valence electrons. The number of sulfone groups is 1. The van der Waals surface area contributed by atoms with E-state index in [1.54, 1.807) is 0 Å². The van der Waals surface area contributed by atoms with E-state index in [4.69, 9.17) is 5.11 Å². The van der Waals surface area contributed by atoms with E-state index in [0.717, 1.165) is 0 Å². The summed E-state index contributed by atoms with van der Waals surface area (Å²) < 4.78 is 26.8. The van der Waals surface area contributed by atoms with Gasteiger partial charge in [-0.2, -0.15) is 0 Å². The first kappa shape index (κ1) is 13.4. The molecule has 14 heavy (non-hydrogen) atoms. The zero-order valence-corrected chi connectivity index (χ0v) is 9.05. The topological polar surface area (TPSA) is 80.7 Å². The second-order valence-electron chi connectivity index (χ2n) is 2.91. The third-order valence-corrected chi connectivity index (χ3v) is 3.50. The zero-order valence-electron chi connectivity index (χ0n) is 8.23. The Morgan fingerprint density at radius 1 is 1.29 bits per heavy atom. The number of aliphatic hydroxyl groups is 1. The monoisotopic (exact) mass is 224 g/mol. The van der Waals surface area contributed by atoms with E-state index in [1.807, 2.05) is 0 Å². The van der Waals surface area contributed by atoms with Crippen molar-refractivity contribution in [2.24, 2.45) is 0 Å². The number of esters is 1. The number of hydrogen-bond donors (Lipinski definition) is 1. The number of rotatable bonds is 7. The summed E-state index contributed by atoms with van der Waals surface area (Å²) >= 11 is 0. The van der Waals surface area contributed by atoms with Crippen molar-refractivity contribution in [1.29, 1.82) is 0 Å². The second-order valence-corrected chi connectivity index (χ2v) is 5.21. The van der Waals surface area contributed by atoms with Gasteiger partial charge in [0.2, 0.25) is 0 Å². The molecule has 0 heterocycles. The Labute approximate surface area is 84.0 Å². The lowest BCUT2D eigenvalue weighted by Gasteiger charge is -2.02. The molecule has 0 aliphatic carbocycles. The molecule has 0 bridgehead atoms. The van der Waals surface area contributed by atoms with Gasteiger partial charge in [0.1, 0.15) is 9.84 Å². The Balaban J connectivity index is 3.71. The molecule has 0 aliphatic heterocycles. The fourth-order valence-electron chi connectivity index (χ4n) is 0.925. The summed E-state index contributed by atoms with van der Waals surface area (Å²) in [5, 5.41) is 8.44. The number of carbonyl (C=O) groups is 1. The molecule has 0 amide bonds. The minimum absolute atomic E-state index is 0.0231. The summed E-state index contributed by atoms with van der Waals surface area (Å²) in [6.45, 7) is -0.129. The SMILES string of the molecule is COC(=O)CCCS(=O)(=O)CCCO. The lowest BCUT2D eigenvalue weighted by atomic mass is 10.3. The van der Waals surface area contributed by atoms with Crippen molar-refractivity contribution < 1.29 is 23.1 Å². The first-order valence-corrected chi connectivity index (χ1v) is 6.22. The average molecular weight is 224 g/mol. The van der Waals surface area contributed by atoms with Crippen LogP contribution in [0.5, 0.6) is 0 Å². The number of hydrogen-bond acceptors (Lipinski definition) is 5. The quantitative estimate of drug-likeness (QED) is 0.602. The van der Waals surface area contributed by atoms with Crippen LogP contribution < -0.4 is 0 Å². The molecule has 5 nitrogen and oxygen atoms in total. The molecule has 0 radical (unpaired) electrons. The third-order valence-electron chi connectivity index (χ3n) is 1.68. The zero-order chi connectivity index (χ0) is 11.0. The minimum atomic E-state index is -3.12. The van der Waals surface area contributed by atoms with Crippen LogP contribution >= 0.6 is 0 Å². The molecule has 0 atom stereocenters. The molecule has 6 heteroatoms. The van der Waals surface area contributed by atoms with Gasteiger partial charge in [0.15, 0.2) is 0 Å². The Morgan fingerprint density at radius 2 is 1.86 bits per heavy atom. The van der Waals surface area contributed by atoms with Crippen molar-refractivity contribution in [3.8, 4) is 0 Å². The number of ether oxygens (including phenoxy) is 1. The molecule has 0 rings (SSSR count). The van der Waals surface area contributed by atoms with Gasteiger partial charge in [0.05, 0.1) is 18.6 Å². The molecule has 0 fully saturated rings. The van der Waals surface area contributed by atoms with Crippen LogP contribution in [0.1, 0.15) is 19.3 Å². The van der Waals surface area contributed by atoms with Crippen LogP contribution in [0.25, 0.3) is 0 Å². The lowest BCUT2D eigenvalue weighted by Crippen LogP contribution is -2.13. The smallest absolute Gasteiger partial charge is 0.305 e. The van der Waals surface area contributed by atoms with Gasteiger partial charge >= 0.3 is 5.97 Å². The van der Waals surface area contributed by atoms with Gasteiger partial charge in [0.25, 0.3) is 0 Å². The molecule has 0 saturated heterocycles. The Morgan fingerprint density at radius 3 is 2.36 bits per heavy atom. The van der Waals surface area contributed by atoms with Crippen molar-refractivity contribution in [3.63, 3.8) is 0 Å². The van der Waals surface area contributed by atoms with Crippen molar-refractivity contribution in [1.82, 2.24) is 0 Å². The Bertz CT molecular complexity index is 257. The van der Waals surface area contributed by atoms with E-state index in [0.29, 0.717) is 0 Å². The van der Waals surface area contributed by atoms with E-state index in [9.17, 15) is 13.2 Å². The first-order valence-electron chi connectivity index (χ1n) is 4.40. The lowest BCUT2D eigenvalue weighted by molar-refractivity contribution is -0.140. The van der Waals surface area contributed by atoms with E-state index in [-0.39, 0.29) is 37.4 Å². The summed E-state index contributed by atoms with van der Waals surface area (Å²) in [6, 6.07) is 0. The van der Waals surface area contributed by atoms with Crippen LogP contribution in [0, 0.1) is 0 Å². The van der Waals surface area contributed by atoms with Gasteiger partial charge in [0, 0.05) is 13.0 Å². The molecule has 0 aliphatic rings. The van der Waals surface area contributed by atoms with Crippen molar-refractivity contribution in [3.05, 3.63) is 0 Å². The van der Waals surface area contributed by atoms with Crippen molar-refractivity contribution in [2.75, 3.05) is 25.2 Å². The highest BCUT2D eigenvalue weighted by Crippen LogP contribution is 2.00.